The van der Waals surface area contributed by atoms with E-state index >= 15 is 0 Å². The molecule has 2 aromatic carbocycles. The molecular weight excluding hydrogens is 298 g/mol. The third-order valence-corrected chi connectivity index (χ3v) is 4.80. The van der Waals surface area contributed by atoms with Crippen LogP contribution in [-0.4, -0.2) is 15.5 Å². The van der Waals surface area contributed by atoms with Gasteiger partial charge in [0.25, 0.3) is 10.0 Å². The van der Waals surface area contributed by atoms with Gasteiger partial charge >= 0.3 is 0 Å². The van der Waals surface area contributed by atoms with Gasteiger partial charge in [-0.3, -0.25) is 4.72 Å². The molecule has 0 saturated carbocycles. The highest BCUT2D eigenvalue weighted by Gasteiger charge is 2.20. The van der Waals surface area contributed by atoms with Gasteiger partial charge < -0.3 is 4.74 Å². The van der Waals surface area contributed by atoms with Crippen molar-refractivity contribution in [3.63, 3.8) is 0 Å². The quantitative estimate of drug-likeness (QED) is 0.914. The fraction of sp³-hybridized carbons (Fsp3) is 0.294. The van der Waals surface area contributed by atoms with Gasteiger partial charge in [-0.25, -0.2) is 8.42 Å². The molecule has 1 N–H and O–H groups in total. The van der Waals surface area contributed by atoms with Gasteiger partial charge in [-0.15, -0.1) is 0 Å². The zero-order valence-electron chi connectivity index (χ0n) is 13.3. The van der Waals surface area contributed by atoms with Crippen molar-refractivity contribution in [3.05, 3.63) is 53.1 Å². The molecule has 0 bridgehead atoms. The first kappa shape index (κ1) is 16.4. The number of anilines is 1. The van der Waals surface area contributed by atoms with E-state index in [9.17, 15) is 8.42 Å². The number of benzene rings is 2. The fourth-order valence-corrected chi connectivity index (χ4v) is 3.66. The lowest BCUT2D eigenvalue weighted by Gasteiger charge is -2.13. The number of sulfonamides is 1. The average Bonchev–Trinajstić information content (AvgIpc) is 2.44. The molecule has 4 nitrogen and oxygen atoms in total. The normalized spacial score (nSPS) is 11.3. The number of hydrogen-bond acceptors (Lipinski definition) is 3. The molecule has 0 aliphatic heterocycles. The first-order valence-corrected chi connectivity index (χ1v) is 8.62. The highest BCUT2D eigenvalue weighted by molar-refractivity contribution is 7.92. The van der Waals surface area contributed by atoms with Crippen LogP contribution in [0.3, 0.4) is 0 Å². The van der Waals surface area contributed by atoms with Crippen molar-refractivity contribution in [2.24, 2.45) is 0 Å². The van der Waals surface area contributed by atoms with E-state index in [1.165, 1.54) is 7.11 Å². The molecule has 0 aliphatic carbocycles. The van der Waals surface area contributed by atoms with E-state index < -0.39 is 10.0 Å². The summed E-state index contributed by atoms with van der Waals surface area (Å²) in [5.74, 6) is 0.342. The lowest BCUT2D eigenvalue weighted by Crippen LogP contribution is -2.14. The summed E-state index contributed by atoms with van der Waals surface area (Å²) in [6, 6.07) is 10.8. The molecule has 0 atom stereocenters. The van der Waals surface area contributed by atoms with Crippen LogP contribution >= 0.6 is 0 Å². The number of aryl methyl sites for hydroxylation is 3. The molecule has 0 unspecified atom stereocenters. The van der Waals surface area contributed by atoms with Gasteiger partial charge in [-0.1, -0.05) is 19.1 Å². The zero-order chi connectivity index (χ0) is 16.3. The minimum atomic E-state index is -3.70. The summed E-state index contributed by atoms with van der Waals surface area (Å²) in [7, 11) is -2.23. The van der Waals surface area contributed by atoms with Crippen molar-refractivity contribution in [1.82, 2.24) is 0 Å². The van der Waals surface area contributed by atoms with Gasteiger partial charge in [0.05, 0.1) is 7.11 Å². The van der Waals surface area contributed by atoms with E-state index in [4.69, 9.17) is 4.74 Å². The maximum absolute atomic E-state index is 12.7. The van der Waals surface area contributed by atoms with Crippen LogP contribution in [0.5, 0.6) is 5.75 Å². The van der Waals surface area contributed by atoms with Gasteiger partial charge in [0.15, 0.2) is 0 Å². The second-order valence-electron chi connectivity index (χ2n) is 5.32. The van der Waals surface area contributed by atoms with Gasteiger partial charge in [-0.2, -0.15) is 0 Å². The van der Waals surface area contributed by atoms with Crippen molar-refractivity contribution in [2.75, 3.05) is 11.8 Å². The first-order valence-electron chi connectivity index (χ1n) is 7.13. The summed E-state index contributed by atoms with van der Waals surface area (Å²) >= 11 is 0. The molecule has 5 heteroatoms. The maximum Gasteiger partial charge on any atom is 0.265 e. The molecule has 0 fully saturated rings. The van der Waals surface area contributed by atoms with Crippen LogP contribution in [0.4, 0.5) is 5.69 Å². The maximum atomic E-state index is 12.7. The average molecular weight is 319 g/mol. The molecular formula is C17H21NO3S. The lowest BCUT2D eigenvalue weighted by atomic mass is 10.1. The van der Waals surface area contributed by atoms with Gasteiger partial charge in [0, 0.05) is 5.69 Å². The van der Waals surface area contributed by atoms with Crippen LogP contribution in [0.1, 0.15) is 23.6 Å². The molecule has 0 aliphatic rings. The minimum Gasteiger partial charge on any atom is -0.495 e. The third kappa shape index (κ3) is 3.60. The Labute approximate surface area is 132 Å². The highest BCUT2D eigenvalue weighted by atomic mass is 32.2. The van der Waals surface area contributed by atoms with Crippen LogP contribution in [0.25, 0.3) is 0 Å². The zero-order valence-corrected chi connectivity index (χ0v) is 14.1. The summed E-state index contributed by atoms with van der Waals surface area (Å²) in [6.45, 7) is 5.85. The molecule has 0 aromatic heterocycles. The molecule has 0 saturated heterocycles. The van der Waals surface area contributed by atoms with Gasteiger partial charge in [-0.05, 0) is 61.2 Å². The second-order valence-corrected chi connectivity index (χ2v) is 6.97. The van der Waals surface area contributed by atoms with Gasteiger partial charge in [0.1, 0.15) is 10.6 Å². The molecule has 118 valence electrons. The summed E-state index contributed by atoms with van der Waals surface area (Å²) in [5, 5.41) is 0. The van der Waals surface area contributed by atoms with Gasteiger partial charge in [0.2, 0.25) is 0 Å². The van der Waals surface area contributed by atoms with Crippen LogP contribution < -0.4 is 9.46 Å². The van der Waals surface area contributed by atoms with Crippen molar-refractivity contribution in [3.8, 4) is 5.75 Å². The third-order valence-electron chi connectivity index (χ3n) is 3.40. The van der Waals surface area contributed by atoms with Crippen molar-refractivity contribution in [1.29, 1.82) is 0 Å². The summed E-state index contributed by atoms with van der Waals surface area (Å²) < 4.78 is 33.2. The standard InChI is InChI=1S/C17H21NO3S/c1-5-14-6-7-16(21-4)17(11-14)22(19,20)18-15-9-12(2)8-13(3)10-15/h6-11,18H,5H2,1-4H3. The molecule has 2 rings (SSSR count). The Kier molecular flexibility index (Phi) is 4.76. The van der Waals surface area contributed by atoms with E-state index in [0.717, 1.165) is 23.1 Å². The predicted octanol–water partition coefficient (Wildman–Crippen LogP) is 3.68. The predicted molar refractivity (Wildman–Crippen MR) is 89.1 cm³/mol. The second kappa shape index (κ2) is 6.40. The topological polar surface area (TPSA) is 55.4 Å². The Bertz CT molecular complexity index is 762. The van der Waals surface area contributed by atoms with Crippen LogP contribution in [0, 0.1) is 13.8 Å². The summed E-state index contributed by atoms with van der Waals surface area (Å²) in [5.41, 5.74) is 3.52. The minimum absolute atomic E-state index is 0.161. The lowest BCUT2D eigenvalue weighted by molar-refractivity contribution is 0.402. The van der Waals surface area contributed by atoms with Crippen LogP contribution in [-0.2, 0) is 16.4 Å². The monoisotopic (exact) mass is 319 g/mol. The van der Waals surface area contributed by atoms with E-state index in [-0.39, 0.29) is 4.90 Å². The van der Waals surface area contributed by atoms with E-state index in [0.29, 0.717) is 11.4 Å². The highest BCUT2D eigenvalue weighted by Crippen LogP contribution is 2.27. The fourth-order valence-electron chi connectivity index (χ4n) is 2.39. The molecule has 2 aromatic rings. The smallest absolute Gasteiger partial charge is 0.265 e. The van der Waals surface area contributed by atoms with Crippen molar-refractivity contribution in [2.45, 2.75) is 32.1 Å². The van der Waals surface area contributed by atoms with E-state index in [1.807, 2.05) is 32.9 Å². The van der Waals surface area contributed by atoms with E-state index in [1.54, 1.807) is 24.3 Å². The largest absolute Gasteiger partial charge is 0.495 e. The van der Waals surface area contributed by atoms with Crippen molar-refractivity contribution >= 4 is 15.7 Å². The SMILES string of the molecule is CCc1ccc(OC)c(S(=O)(=O)Nc2cc(C)cc(C)c2)c1. The molecule has 0 radical (unpaired) electrons. The Hall–Kier alpha value is -2.01. The summed E-state index contributed by atoms with van der Waals surface area (Å²) in [6.07, 6.45) is 0.760. The Balaban J connectivity index is 2.46. The van der Waals surface area contributed by atoms with Crippen molar-refractivity contribution < 1.29 is 13.2 Å². The van der Waals surface area contributed by atoms with Crippen LogP contribution in [0.15, 0.2) is 41.3 Å². The van der Waals surface area contributed by atoms with E-state index in [2.05, 4.69) is 4.72 Å². The Morgan fingerprint density at radius 1 is 1.05 bits per heavy atom. The molecule has 0 spiro atoms. The van der Waals surface area contributed by atoms with Crippen LogP contribution in [0.2, 0.25) is 0 Å². The number of nitrogens with one attached hydrogen (secondary N) is 1. The first-order chi connectivity index (χ1) is 10.4. The number of rotatable bonds is 5. The number of hydrogen-bond donors (Lipinski definition) is 1. The number of ether oxygens (including phenoxy) is 1. The Morgan fingerprint density at radius 3 is 2.23 bits per heavy atom. The molecule has 22 heavy (non-hydrogen) atoms. The molecule has 0 amide bonds. The summed E-state index contributed by atoms with van der Waals surface area (Å²) in [4.78, 5) is 0.161. The molecule has 0 heterocycles. The number of methoxy groups -OCH3 is 1. The Morgan fingerprint density at radius 2 is 1.68 bits per heavy atom.